The number of hydrogen-bond donors (Lipinski definition) is 3. The molecule has 1 unspecified atom stereocenters. The van der Waals surface area contributed by atoms with Gasteiger partial charge >= 0.3 is 5.97 Å². The number of hydrogen-bond acceptors (Lipinski definition) is 5. The van der Waals surface area contributed by atoms with Crippen LogP contribution in [0.1, 0.15) is 13.3 Å². The van der Waals surface area contributed by atoms with Gasteiger partial charge < -0.3 is 5.11 Å². The van der Waals surface area contributed by atoms with Gasteiger partial charge in [0.25, 0.3) is 24.8 Å². The average Bonchev–Trinajstić information content (AvgIpc) is 1.93. The minimum atomic E-state index is -5.28. The molecule has 3 N–H and O–H groups in total. The van der Waals surface area contributed by atoms with Crippen molar-refractivity contribution in [2.24, 2.45) is 5.92 Å². The number of carboxylic acids is 1. The van der Waals surface area contributed by atoms with Gasteiger partial charge in [-0.15, -0.1) is 0 Å². The van der Waals surface area contributed by atoms with Crippen molar-refractivity contribution in [3.8, 4) is 0 Å². The summed E-state index contributed by atoms with van der Waals surface area (Å²) in [6.45, 7) is 1.19. The summed E-state index contributed by atoms with van der Waals surface area (Å²) in [5, 5.41) is 8.50. The van der Waals surface area contributed by atoms with Gasteiger partial charge in [0.1, 0.15) is 0 Å². The summed E-state index contributed by atoms with van der Waals surface area (Å²) < 4.78 is 57.6. The maximum atomic E-state index is 10.6. The highest BCUT2D eigenvalue weighted by molar-refractivity contribution is 8.07. The zero-order valence-electron chi connectivity index (χ0n) is 7.48. The Bertz CT molecular complexity index is 400. The molecule has 0 aromatic carbocycles. The standard InChI is InChI=1S/C5H9O8S2/c1-2-3(4(6)7)5(14(8,9)10)15(11,12)13/h3H,2H2,1H3,(H,6,7)(H,8,9,10)(H,11,12,13). The summed E-state index contributed by atoms with van der Waals surface area (Å²) in [6.07, 6.45) is -0.412. The predicted octanol–water partition coefficient (Wildman–Crippen LogP) is -0.638. The van der Waals surface area contributed by atoms with Gasteiger partial charge in [0, 0.05) is 0 Å². The molecule has 1 atom stereocenters. The molecule has 0 saturated heterocycles. The van der Waals surface area contributed by atoms with Crippen molar-refractivity contribution in [2.75, 3.05) is 0 Å². The van der Waals surface area contributed by atoms with Crippen molar-refractivity contribution in [2.45, 2.75) is 13.3 Å². The van der Waals surface area contributed by atoms with E-state index in [9.17, 15) is 21.6 Å². The predicted molar refractivity (Wildman–Crippen MR) is 47.8 cm³/mol. The van der Waals surface area contributed by atoms with E-state index in [0.717, 1.165) is 0 Å². The third kappa shape index (κ3) is 3.74. The molecule has 0 rings (SSSR count). The van der Waals surface area contributed by atoms with E-state index in [-0.39, 0.29) is 0 Å². The van der Waals surface area contributed by atoms with Crippen LogP contribution in [-0.2, 0) is 25.0 Å². The normalized spacial score (nSPS) is 15.2. The van der Waals surface area contributed by atoms with Crippen molar-refractivity contribution in [1.29, 1.82) is 0 Å². The fourth-order valence-electron chi connectivity index (χ4n) is 0.935. The third-order valence-corrected chi connectivity index (χ3v) is 4.35. The summed E-state index contributed by atoms with van der Waals surface area (Å²) in [7, 11) is -10.6. The summed E-state index contributed by atoms with van der Waals surface area (Å²) in [5.41, 5.74) is 0. The van der Waals surface area contributed by atoms with E-state index in [4.69, 9.17) is 14.2 Å². The van der Waals surface area contributed by atoms with Crippen LogP contribution < -0.4 is 0 Å². The Labute approximate surface area is 86.4 Å². The van der Waals surface area contributed by atoms with Gasteiger partial charge in [-0.05, 0) is 6.42 Å². The zero-order chi connectivity index (χ0) is 12.4. The molecule has 0 spiro atoms. The molecule has 0 fully saturated rings. The lowest BCUT2D eigenvalue weighted by atomic mass is 10.1. The molecule has 10 heteroatoms. The molecular formula is C5H9O8S2. The monoisotopic (exact) mass is 261 g/mol. The molecule has 89 valence electrons. The average molecular weight is 261 g/mol. The van der Waals surface area contributed by atoms with Crippen LogP contribution in [-0.4, -0.2) is 37.0 Å². The van der Waals surface area contributed by atoms with E-state index in [1.807, 2.05) is 0 Å². The molecule has 0 aliphatic carbocycles. The second-order valence-corrected chi connectivity index (χ2v) is 5.61. The zero-order valence-corrected chi connectivity index (χ0v) is 9.12. The maximum Gasteiger partial charge on any atom is 0.309 e. The Morgan fingerprint density at radius 3 is 1.53 bits per heavy atom. The Hall–Kier alpha value is -0.710. The van der Waals surface area contributed by atoms with Crippen LogP contribution in [0.3, 0.4) is 0 Å². The van der Waals surface area contributed by atoms with Gasteiger partial charge in [0.2, 0.25) is 0 Å². The van der Waals surface area contributed by atoms with Gasteiger partial charge in [-0.2, -0.15) is 16.8 Å². The van der Waals surface area contributed by atoms with Crippen molar-refractivity contribution in [1.82, 2.24) is 0 Å². The van der Waals surface area contributed by atoms with Crippen molar-refractivity contribution < 1.29 is 35.8 Å². The van der Waals surface area contributed by atoms with Crippen molar-refractivity contribution in [3.63, 3.8) is 0 Å². The van der Waals surface area contributed by atoms with Crippen molar-refractivity contribution >= 4 is 26.2 Å². The molecule has 0 heterocycles. The molecule has 0 aliphatic heterocycles. The Kier molecular flexibility index (Phi) is 4.22. The molecule has 0 amide bonds. The lowest BCUT2D eigenvalue weighted by molar-refractivity contribution is -0.140. The van der Waals surface area contributed by atoms with E-state index >= 15 is 0 Å². The molecular weight excluding hydrogens is 252 g/mol. The summed E-state index contributed by atoms with van der Waals surface area (Å²) in [5.74, 6) is -3.78. The smallest absolute Gasteiger partial charge is 0.309 e. The van der Waals surface area contributed by atoms with Crippen LogP contribution in [0.2, 0.25) is 0 Å². The maximum absolute atomic E-state index is 10.6. The Morgan fingerprint density at radius 1 is 1.13 bits per heavy atom. The van der Waals surface area contributed by atoms with E-state index in [0.29, 0.717) is 0 Å². The first-order valence-electron chi connectivity index (χ1n) is 3.56. The Morgan fingerprint density at radius 2 is 1.47 bits per heavy atom. The topological polar surface area (TPSA) is 146 Å². The largest absolute Gasteiger partial charge is 0.481 e. The molecule has 0 aromatic heterocycles. The van der Waals surface area contributed by atoms with Gasteiger partial charge in [-0.3, -0.25) is 13.9 Å². The SMILES string of the molecule is CCC([C](S(=O)(=O)O)S(=O)(=O)O)C(=O)O. The summed E-state index contributed by atoms with van der Waals surface area (Å²) in [6, 6.07) is 0. The molecule has 0 saturated carbocycles. The first-order valence-corrected chi connectivity index (χ1v) is 6.44. The van der Waals surface area contributed by atoms with Crippen LogP contribution in [0.25, 0.3) is 0 Å². The Balaban J connectivity index is 5.61. The van der Waals surface area contributed by atoms with E-state index in [1.165, 1.54) is 6.92 Å². The summed E-state index contributed by atoms with van der Waals surface area (Å²) in [4.78, 5) is 10.5. The molecule has 0 aromatic rings. The van der Waals surface area contributed by atoms with E-state index < -0.39 is 43.1 Å². The second kappa shape index (κ2) is 4.43. The third-order valence-electron chi connectivity index (χ3n) is 1.50. The number of carbonyl (C=O) groups is 1. The minimum absolute atomic E-state index is 0.412. The fourth-order valence-corrected chi connectivity index (χ4v) is 3.25. The first kappa shape index (κ1) is 14.3. The second-order valence-electron chi connectivity index (χ2n) is 2.57. The molecule has 15 heavy (non-hydrogen) atoms. The molecule has 1 radical (unpaired) electrons. The highest BCUT2D eigenvalue weighted by Crippen LogP contribution is 2.28. The molecule has 8 nitrogen and oxygen atoms in total. The highest BCUT2D eigenvalue weighted by Gasteiger charge is 2.47. The van der Waals surface area contributed by atoms with Gasteiger partial charge in [-0.1, -0.05) is 6.92 Å². The first-order chi connectivity index (χ1) is 6.51. The molecule has 0 bridgehead atoms. The number of rotatable bonds is 5. The lowest BCUT2D eigenvalue weighted by Crippen LogP contribution is -2.33. The van der Waals surface area contributed by atoms with E-state index in [2.05, 4.69) is 0 Å². The highest BCUT2D eigenvalue weighted by atomic mass is 32.3. The van der Waals surface area contributed by atoms with Crippen LogP contribution >= 0.6 is 0 Å². The van der Waals surface area contributed by atoms with Gasteiger partial charge in [-0.25, -0.2) is 0 Å². The van der Waals surface area contributed by atoms with E-state index in [1.54, 1.807) is 0 Å². The van der Waals surface area contributed by atoms with Gasteiger partial charge in [0.05, 0.1) is 5.92 Å². The van der Waals surface area contributed by atoms with Crippen LogP contribution in [0.5, 0.6) is 0 Å². The summed E-state index contributed by atoms with van der Waals surface area (Å²) >= 11 is 0. The van der Waals surface area contributed by atoms with Crippen LogP contribution in [0, 0.1) is 10.5 Å². The minimum Gasteiger partial charge on any atom is -0.481 e. The number of aliphatic carboxylic acids is 1. The van der Waals surface area contributed by atoms with Gasteiger partial charge in [0.15, 0.2) is 0 Å². The van der Waals surface area contributed by atoms with Crippen LogP contribution in [0.15, 0.2) is 0 Å². The quantitative estimate of drug-likeness (QED) is 0.554. The molecule has 0 aliphatic rings. The number of carboxylic acid groups (broad SMARTS) is 1. The fraction of sp³-hybridized carbons (Fsp3) is 0.600. The van der Waals surface area contributed by atoms with Crippen molar-refractivity contribution in [3.05, 3.63) is 4.58 Å². The lowest BCUT2D eigenvalue weighted by Gasteiger charge is -2.15. The van der Waals surface area contributed by atoms with Crippen LogP contribution in [0.4, 0.5) is 0 Å².